The third kappa shape index (κ3) is 2.61. The SMILES string of the molecule is C=CC(C)NCC1(O)CCCC1. The molecule has 0 aromatic rings. The lowest BCUT2D eigenvalue weighted by molar-refractivity contribution is 0.0466. The summed E-state index contributed by atoms with van der Waals surface area (Å²) < 4.78 is 0. The lowest BCUT2D eigenvalue weighted by Gasteiger charge is -2.24. The number of hydrogen-bond donors (Lipinski definition) is 2. The summed E-state index contributed by atoms with van der Waals surface area (Å²) in [5.41, 5.74) is -0.433. The quantitative estimate of drug-likeness (QED) is 0.624. The predicted octanol–water partition coefficient (Wildman–Crippen LogP) is 1.46. The molecule has 1 fully saturated rings. The zero-order valence-electron chi connectivity index (χ0n) is 7.84. The fourth-order valence-corrected chi connectivity index (χ4v) is 1.64. The van der Waals surface area contributed by atoms with E-state index in [0.29, 0.717) is 12.6 Å². The van der Waals surface area contributed by atoms with Crippen LogP contribution < -0.4 is 5.32 Å². The van der Waals surface area contributed by atoms with Gasteiger partial charge in [0.15, 0.2) is 0 Å². The number of aliphatic hydroxyl groups is 1. The first-order chi connectivity index (χ1) is 5.66. The van der Waals surface area contributed by atoms with Crippen molar-refractivity contribution in [2.75, 3.05) is 6.54 Å². The Labute approximate surface area is 74.7 Å². The van der Waals surface area contributed by atoms with Crippen molar-refractivity contribution < 1.29 is 5.11 Å². The van der Waals surface area contributed by atoms with Crippen molar-refractivity contribution in [1.82, 2.24) is 5.32 Å². The fourth-order valence-electron chi connectivity index (χ4n) is 1.64. The second kappa shape index (κ2) is 4.06. The molecule has 0 aromatic carbocycles. The molecule has 2 nitrogen and oxygen atoms in total. The Morgan fingerprint density at radius 3 is 2.67 bits per heavy atom. The first-order valence-corrected chi connectivity index (χ1v) is 4.75. The molecule has 1 aliphatic carbocycles. The van der Waals surface area contributed by atoms with Crippen LogP contribution in [0, 0.1) is 0 Å². The molecule has 70 valence electrons. The molecule has 0 aliphatic heterocycles. The molecule has 0 spiro atoms. The van der Waals surface area contributed by atoms with E-state index >= 15 is 0 Å². The molecule has 1 aliphatic rings. The summed E-state index contributed by atoms with van der Waals surface area (Å²) in [6.45, 7) is 6.44. The Bertz CT molecular complexity index is 150. The second-order valence-corrected chi connectivity index (χ2v) is 3.84. The van der Waals surface area contributed by atoms with Gasteiger partial charge >= 0.3 is 0 Å². The van der Waals surface area contributed by atoms with Crippen molar-refractivity contribution >= 4 is 0 Å². The molecule has 12 heavy (non-hydrogen) atoms. The molecule has 1 saturated carbocycles. The molecule has 0 bridgehead atoms. The molecule has 1 unspecified atom stereocenters. The van der Waals surface area contributed by atoms with Crippen LogP contribution in [0.1, 0.15) is 32.6 Å². The van der Waals surface area contributed by atoms with Gasteiger partial charge in [-0.1, -0.05) is 18.9 Å². The van der Waals surface area contributed by atoms with E-state index in [-0.39, 0.29) is 0 Å². The van der Waals surface area contributed by atoms with Gasteiger partial charge in [0, 0.05) is 12.6 Å². The van der Waals surface area contributed by atoms with Crippen LogP contribution in [0.3, 0.4) is 0 Å². The Balaban J connectivity index is 2.25. The van der Waals surface area contributed by atoms with Crippen LogP contribution in [-0.4, -0.2) is 23.3 Å². The van der Waals surface area contributed by atoms with Gasteiger partial charge in [-0.2, -0.15) is 0 Å². The number of nitrogens with one attached hydrogen (secondary N) is 1. The summed E-state index contributed by atoms with van der Waals surface area (Å²) >= 11 is 0. The van der Waals surface area contributed by atoms with Gasteiger partial charge in [-0.15, -0.1) is 6.58 Å². The van der Waals surface area contributed by atoms with E-state index in [2.05, 4.69) is 11.9 Å². The molecule has 0 heterocycles. The van der Waals surface area contributed by atoms with Crippen molar-refractivity contribution in [3.05, 3.63) is 12.7 Å². The first kappa shape index (κ1) is 9.75. The van der Waals surface area contributed by atoms with Crippen LogP contribution in [-0.2, 0) is 0 Å². The summed E-state index contributed by atoms with van der Waals surface area (Å²) in [5, 5.41) is 13.2. The standard InChI is InChI=1S/C10H19NO/c1-3-9(2)11-8-10(12)6-4-5-7-10/h3,9,11-12H,1,4-8H2,2H3. The van der Waals surface area contributed by atoms with Gasteiger partial charge in [0.1, 0.15) is 0 Å². The van der Waals surface area contributed by atoms with E-state index in [1.165, 1.54) is 12.8 Å². The third-order valence-corrected chi connectivity index (χ3v) is 2.64. The van der Waals surface area contributed by atoms with E-state index in [1.807, 2.05) is 13.0 Å². The highest BCUT2D eigenvalue weighted by Gasteiger charge is 2.30. The normalized spacial score (nSPS) is 23.8. The fraction of sp³-hybridized carbons (Fsp3) is 0.800. The minimum atomic E-state index is -0.433. The van der Waals surface area contributed by atoms with Gasteiger partial charge in [-0.05, 0) is 19.8 Å². The Kier molecular flexibility index (Phi) is 3.29. The number of rotatable bonds is 4. The van der Waals surface area contributed by atoms with Gasteiger partial charge in [-0.25, -0.2) is 0 Å². The minimum Gasteiger partial charge on any atom is -0.389 e. The maximum Gasteiger partial charge on any atom is 0.0771 e. The molecule has 2 N–H and O–H groups in total. The summed E-state index contributed by atoms with van der Waals surface area (Å²) in [4.78, 5) is 0. The summed E-state index contributed by atoms with van der Waals surface area (Å²) in [6, 6.07) is 0.301. The zero-order chi connectivity index (χ0) is 9.03. The minimum absolute atomic E-state index is 0.301. The smallest absolute Gasteiger partial charge is 0.0771 e. The largest absolute Gasteiger partial charge is 0.389 e. The van der Waals surface area contributed by atoms with Crippen LogP contribution >= 0.6 is 0 Å². The maximum absolute atomic E-state index is 9.94. The highest BCUT2D eigenvalue weighted by atomic mass is 16.3. The second-order valence-electron chi connectivity index (χ2n) is 3.84. The van der Waals surface area contributed by atoms with E-state index in [1.54, 1.807) is 0 Å². The monoisotopic (exact) mass is 169 g/mol. The van der Waals surface area contributed by atoms with Gasteiger partial charge in [0.2, 0.25) is 0 Å². The van der Waals surface area contributed by atoms with Crippen LogP contribution in [0.4, 0.5) is 0 Å². The zero-order valence-corrected chi connectivity index (χ0v) is 7.84. The summed E-state index contributed by atoms with van der Waals surface area (Å²) in [7, 11) is 0. The van der Waals surface area contributed by atoms with Crippen LogP contribution in [0.15, 0.2) is 12.7 Å². The summed E-state index contributed by atoms with van der Waals surface area (Å²) in [6.07, 6.45) is 6.09. The average molecular weight is 169 g/mol. The third-order valence-electron chi connectivity index (χ3n) is 2.64. The molecule has 1 rings (SSSR count). The van der Waals surface area contributed by atoms with Crippen LogP contribution in [0.5, 0.6) is 0 Å². The van der Waals surface area contributed by atoms with Crippen molar-refractivity contribution in [1.29, 1.82) is 0 Å². The number of hydrogen-bond acceptors (Lipinski definition) is 2. The molecule has 0 aromatic heterocycles. The van der Waals surface area contributed by atoms with E-state index in [9.17, 15) is 5.11 Å². The van der Waals surface area contributed by atoms with Gasteiger partial charge < -0.3 is 10.4 Å². The Morgan fingerprint density at radius 1 is 1.58 bits per heavy atom. The average Bonchev–Trinajstić information content (AvgIpc) is 2.49. The molecule has 0 saturated heterocycles. The van der Waals surface area contributed by atoms with Crippen molar-refractivity contribution in [3.8, 4) is 0 Å². The molecule has 1 atom stereocenters. The molecule has 0 radical (unpaired) electrons. The summed E-state index contributed by atoms with van der Waals surface area (Å²) in [5.74, 6) is 0. The van der Waals surface area contributed by atoms with Crippen molar-refractivity contribution in [2.45, 2.75) is 44.2 Å². The maximum atomic E-state index is 9.94. The molecule has 0 amide bonds. The van der Waals surface area contributed by atoms with E-state index in [4.69, 9.17) is 0 Å². The van der Waals surface area contributed by atoms with Crippen LogP contribution in [0.2, 0.25) is 0 Å². The van der Waals surface area contributed by atoms with Gasteiger partial charge in [0.05, 0.1) is 5.60 Å². The van der Waals surface area contributed by atoms with Crippen molar-refractivity contribution in [2.24, 2.45) is 0 Å². The predicted molar refractivity (Wildman–Crippen MR) is 51.1 cm³/mol. The molecular formula is C10H19NO. The lowest BCUT2D eigenvalue weighted by atomic mass is 10.0. The lowest BCUT2D eigenvalue weighted by Crippen LogP contribution is -2.41. The highest BCUT2D eigenvalue weighted by molar-refractivity contribution is 4.90. The first-order valence-electron chi connectivity index (χ1n) is 4.75. The van der Waals surface area contributed by atoms with Gasteiger partial charge in [-0.3, -0.25) is 0 Å². The Hall–Kier alpha value is -0.340. The molecular weight excluding hydrogens is 150 g/mol. The van der Waals surface area contributed by atoms with Crippen molar-refractivity contribution in [3.63, 3.8) is 0 Å². The van der Waals surface area contributed by atoms with E-state index < -0.39 is 5.60 Å². The Morgan fingerprint density at radius 2 is 2.17 bits per heavy atom. The molecule has 2 heteroatoms. The van der Waals surface area contributed by atoms with E-state index in [0.717, 1.165) is 12.8 Å². The van der Waals surface area contributed by atoms with Crippen LogP contribution in [0.25, 0.3) is 0 Å². The van der Waals surface area contributed by atoms with Gasteiger partial charge in [0.25, 0.3) is 0 Å². The highest BCUT2D eigenvalue weighted by Crippen LogP contribution is 2.28. The topological polar surface area (TPSA) is 32.3 Å².